The molecule has 0 bridgehead atoms. The van der Waals surface area contributed by atoms with Gasteiger partial charge in [0, 0.05) is 29.0 Å². The van der Waals surface area contributed by atoms with Crippen molar-refractivity contribution in [2.75, 3.05) is 11.1 Å². The van der Waals surface area contributed by atoms with E-state index in [1.54, 1.807) is 37.5 Å². The van der Waals surface area contributed by atoms with Gasteiger partial charge in [-0.2, -0.15) is 0 Å². The quantitative estimate of drug-likeness (QED) is 0.760. The van der Waals surface area contributed by atoms with Gasteiger partial charge in [0.05, 0.1) is 10.4 Å². The van der Waals surface area contributed by atoms with Crippen LogP contribution in [0, 0.1) is 12.7 Å². The van der Waals surface area contributed by atoms with Gasteiger partial charge in [-0.25, -0.2) is 4.39 Å². The SMILES string of the molecule is Cc1c(F)cccc1NC(=O)c1sc2cnccc2c1N. The molecule has 3 aromatic rings. The van der Waals surface area contributed by atoms with Crippen LogP contribution in [0.4, 0.5) is 15.8 Å². The first-order valence-corrected chi connectivity index (χ1v) is 7.08. The average Bonchev–Trinajstić information content (AvgIpc) is 2.82. The predicted molar refractivity (Wildman–Crippen MR) is 83.1 cm³/mol. The summed E-state index contributed by atoms with van der Waals surface area (Å²) in [6.45, 7) is 1.61. The van der Waals surface area contributed by atoms with Gasteiger partial charge >= 0.3 is 0 Å². The van der Waals surface area contributed by atoms with Crippen molar-refractivity contribution in [2.24, 2.45) is 0 Å². The Hall–Kier alpha value is -2.47. The molecule has 3 N–H and O–H groups in total. The van der Waals surface area contributed by atoms with Crippen molar-refractivity contribution in [3.63, 3.8) is 0 Å². The second-order valence-corrected chi connectivity index (χ2v) is 5.64. The summed E-state index contributed by atoms with van der Waals surface area (Å²) in [5.74, 6) is -0.705. The Bertz CT molecular complexity index is 844. The summed E-state index contributed by atoms with van der Waals surface area (Å²) in [6.07, 6.45) is 3.30. The molecule has 0 aliphatic carbocycles. The Morgan fingerprint density at radius 2 is 2.19 bits per heavy atom. The summed E-state index contributed by atoms with van der Waals surface area (Å²) in [5.41, 5.74) is 7.26. The van der Waals surface area contributed by atoms with E-state index in [1.165, 1.54) is 17.4 Å². The zero-order chi connectivity index (χ0) is 15.0. The third-order valence-electron chi connectivity index (χ3n) is 3.25. The summed E-state index contributed by atoms with van der Waals surface area (Å²) in [6, 6.07) is 6.33. The van der Waals surface area contributed by atoms with E-state index in [1.807, 2.05) is 0 Å². The van der Waals surface area contributed by atoms with Crippen LogP contribution in [-0.2, 0) is 0 Å². The number of amides is 1. The van der Waals surface area contributed by atoms with Gasteiger partial charge in [-0.1, -0.05) is 6.07 Å². The number of nitrogens with one attached hydrogen (secondary N) is 1. The number of anilines is 2. The molecule has 0 atom stereocenters. The summed E-state index contributed by atoms with van der Waals surface area (Å²) in [4.78, 5) is 16.8. The van der Waals surface area contributed by atoms with Crippen molar-refractivity contribution in [3.05, 3.63) is 52.9 Å². The summed E-state index contributed by atoms with van der Waals surface area (Å²) in [7, 11) is 0. The molecule has 2 heterocycles. The first-order valence-electron chi connectivity index (χ1n) is 6.26. The first-order chi connectivity index (χ1) is 10.1. The van der Waals surface area contributed by atoms with Gasteiger partial charge in [0.1, 0.15) is 10.7 Å². The molecule has 0 aliphatic rings. The molecule has 0 radical (unpaired) electrons. The lowest BCUT2D eigenvalue weighted by molar-refractivity contribution is 0.103. The zero-order valence-corrected chi connectivity index (χ0v) is 12.0. The molecular formula is C15H12FN3OS. The van der Waals surface area contributed by atoms with Crippen molar-refractivity contribution >= 4 is 38.7 Å². The summed E-state index contributed by atoms with van der Waals surface area (Å²) in [5, 5.41) is 3.50. The van der Waals surface area contributed by atoms with Crippen LogP contribution in [0.2, 0.25) is 0 Å². The highest BCUT2D eigenvalue weighted by Gasteiger charge is 2.17. The van der Waals surface area contributed by atoms with Gasteiger partial charge < -0.3 is 11.1 Å². The number of benzene rings is 1. The van der Waals surface area contributed by atoms with Gasteiger partial charge in [0.25, 0.3) is 5.91 Å². The number of halogens is 1. The zero-order valence-electron chi connectivity index (χ0n) is 11.2. The smallest absolute Gasteiger partial charge is 0.267 e. The van der Waals surface area contributed by atoms with Crippen LogP contribution in [0.1, 0.15) is 15.2 Å². The van der Waals surface area contributed by atoms with Crippen molar-refractivity contribution < 1.29 is 9.18 Å². The van der Waals surface area contributed by atoms with Crippen LogP contribution in [0.15, 0.2) is 36.7 Å². The number of carbonyl (C=O) groups is 1. The van der Waals surface area contributed by atoms with Crippen LogP contribution in [0.25, 0.3) is 10.1 Å². The number of aromatic nitrogens is 1. The van der Waals surface area contributed by atoms with Crippen LogP contribution < -0.4 is 11.1 Å². The van der Waals surface area contributed by atoms with Crippen molar-refractivity contribution in [1.29, 1.82) is 0 Å². The maximum absolute atomic E-state index is 13.5. The molecule has 0 aliphatic heterocycles. The predicted octanol–water partition coefficient (Wildman–Crippen LogP) is 3.58. The summed E-state index contributed by atoms with van der Waals surface area (Å²) < 4.78 is 14.3. The molecule has 0 unspecified atom stereocenters. The lowest BCUT2D eigenvalue weighted by Gasteiger charge is -2.08. The largest absolute Gasteiger partial charge is 0.397 e. The number of nitrogen functional groups attached to an aromatic ring is 1. The number of rotatable bonds is 2. The van der Waals surface area contributed by atoms with Crippen LogP contribution in [-0.4, -0.2) is 10.9 Å². The Balaban J connectivity index is 1.97. The minimum Gasteiger partial charge on any atom is -0.397 e. The molecule has 1 aromatic carbocycles. The van der Waals surface area contributed by atoms with Gasteiger partial charge in [-0.05, 0) is 25.1 Å². The first kappa shape index (κ1) is 13.5. The molecule has 21 heavy (non-hydrogen) atoms. The van der Waals surface area contributed by atoms with Crippen LogP contribution in [0.5, 0.6) is 0 Å². The highest BCUT2D eigenvalue weighted by atomic mass is 32.1. The molecule has 106 valence electrons. The number of hydrogen-bond donors (Lipinski definition) is 2. The molecular weight excluding hydrogens is 289 g/mol. The minimum atomic E-state index is -0.360. The molecule has 0 saturated carbocycles. The number of nitrogens with zero attached hydrogens (tertiary/aromatic N) is 1. The van der Waals surface area contributed by atoms with Crippen LogP contribution in [0.3, 0.4) is 0 Å². The van der Waals surface area contributed by atoms with E-state index >= 15 is 0 Å². The van der Waals surface area contributed by atoms with Gasteiger partial charge in [-0.15, -0.1) is 11.3 Å². The van der Waals surface area contributed by atoms with E-state index in [0.29, 0.717) is 21.8 Å². The average molecular weight is 301 g/mol. The second kappa shape index (κ2) is 5.14. The highest BCUT2D eigenvalue weighted by molar-refractivity contribution is 7.21. The Labute approximate surface area is 124 Å². The van der Waals surface area contributed by atoms with E-state index in [4.69, 9.17) is 5.73 Å². The monoisotopic (exact) mass is 301 g/mol. The van der Waals surface area contributed by atoms with Gasteiger partial charge in [-0.3, -0.25) is 9.78 Å². The second-order valence-electron chi connectivity index (χ2n) is 4.58. The Morgan fingerprint density at radius 1 is 1.38 bits per heavy atom. The maximum Gasteiger partial charge on any atom is 0.267 e. The van der Waals surface area contributed by atoms with Crippen LogP contribution >= 0.6 is 11.3 Å². The Kier molecular flexibility index (Phi) is 3.31. The van der Waals surface area contributed by atoms with E-state index in [2.05, 4.69) is 10.3 Å². The fraction of sp³-hybridized carbons (Fsp3) is 0.0667. The molecule has 2 aromatic heterocycles. The molecule has 3 rings (SSSR count). The molecule has 1 amide bonds. The van der Waals surface area contributed by atoms with Crippen molar-refractivity contribution in [3.8, 4) is 0 Å². The van der Waals surface area contributed by atoms with Gasteiger partial charge in [0.2, 0.25) is 0 Å². The van der Waals surface area contributed by atoms with Crippen molar-refractivity contribution in [2.45, 2.75) is 6.92 Å². The van der Waals surface area contributed by atoms with E-state index in [-0.39, 0.29) is 11.7 Å². The normalized spacial score (nSPS) is 10.8. The van der Waals surface area contributed by atoms with E-state index in [0.717, 1.165) is 10.1 Å². The topological polar surface area (TPSA) is 68.0 Å². The molecule has 0 fully saturated rings. The molecule has 0 spiro atoms. The number of fused-ring (bicyclic) bond motifs is 1. The third kappa shape index (κ3) is 2.34. The number of thiophene rings is 1. The third-order valence-corrected chi connectivity index (χ3v) is 4.41. The maximum atomic E-state index is 13.5. The lowest BCUT2D eigenvalue weighted by Crippen LogP contribution is -2.13. The molecule has 4 nitrogen and oxygen atoms in total. The lowest BCUT2D eigenvalue weighted by atomic mass is 10.2. The van der Waals surface area contributed by atoms with Crippen molar-refractivity contribution in [1.82, 2.24) is 4.98 Å². The highest BCUT2D eigenvalue weighted by Crippen LogP contribution is 2.33. The minimum absolute atomic E-state index is 0.345. The summed E-state index contributed by atoms with van der Waals surface area (Å²) >= 11 is 1.27. The fourth-order valence-corrected chi connectivity index (χ4v) is 3.05. The standard InChI is InChI=1S/C15H12FN3OS/c1-8-10(16)3-2-4-11(8)19-15(20)14-13(17)9-5-6-18-7-12(9)21-14/h2-7H,17H2,1H3,(H,19,20). The number of pyridine rings is 1. The number of nitrogens with two attached hydrogens (primary N) is 1. The van der Waals surface area contributed by atoms with E-state index in [9.17, 15) is 9.18 Å². The Morgan fingerprint density at radius 3 is 2.95 bits per heavy atom. The number of hydrogen-bond acceptors (Lipinski definition) is 4. The fourth-order valence-electron chi connectivity index (χ4n) is 2.06. The molecule has 6 heteroatoms. The van der Waals surface area contributed by atoms with E-state index < -0.39 is 0 Å². The number of carbonyl (C=O) groups excluding carboxylic acids is 1. The van der Waals surface area contributed by atoms with Gasteiger partial charge in [0.15, 0.2) is 0 Å². The molecule has 0 saturated heterocycles.